The molecule has 4 rings (SSSR count). The first kappa shape index (κ1) is 18.2. The van der Waals surface area contributed by atoms with Crippen LogP contribution in [0.5, 0.6) is 0 Å². The fraction of sp³-hybridized carbons (Fsp3) is 0.211. The maximum atomic E-state index is 12.9. The zero-order valence-electron chi connectivity index (χ0n) is 13.7. The molecule has 1 aromatic heterocycles. The molecule has 2 N–H and O–H groups in total. The lowest BCUT2D eigenvalue weighted by Gasteiger charge is -2.11. The van der Waals surface area contributed by atoms with E-state index >= 15 is 0 Å². The number of hydrogen-bond donors (Lipinski definition) is 1. The zero-order valence-corrected chi connectivity index (χ0v) is 15.2. The summed E-state index contributed by atoms with van der Waals surface area (Å²) in [6.07, 6.45) is -1.74. The van der Waals surface area contributed by atoms with Gasteiger partial charge in [-0.25, -0.2) is 0 Å². The molecule has 1 aliphatic rings. The highest BCUT2D eigenvalue weighted by molar-refractivity contribution is 6.41. The van der Waals surface area contributed by atoms with Crippen molar-refractivity contribution in [1.29, 1.82) is 0 Å². The maximum absolute atomic E-state index is 12.9. The molecule has 3 aromatic rings. The van der Waals surface area contributed by atoms with E-state index in [1.807, 2.05) is 12.1 Å². The van der Waals surface area contributed by atoms with E-state index in [-0.39, 0.29) is 17.0 Å². The van der Waals surface area contributed by atoms with Crippen LogP contribution in [0.4, 0.5) is 18.9 Å². The standard InChI is InChI=1S/C19H12Cl2F3NO2/c20-12-6-10(19(22,23)24)7-13(21)15(12)17(26)18-16(25)11-4-8-2-1-3-9(8)5-14(11)27-18/h4-7H,1-3,25H2. The zero-order chi connectivity index (χ0) is 19.5. The summed E-state index contributed by atoms with van der Waals surface area (Å²) < 4.78 is 44.3. The van der Waals surface area contributed by atoms with Gasteiger partial charge >= 0.3 is 6.18 Å². The molecule has 0 aliphatic heterocycles. The fourth-order valence-electron chi connectivity index (χ4n) is 3.42. The van der Waals surface area contributed by atoms with Gasteiger partial charge in [0.2, 0.25) is 5.78 Å². The quantitative estimate of drug-likeness (QED) is 0.519. The molecule has 0 saturated carbocycles. The number of anilines is 1. The maximum Gasteiger partial charge on any atom is 0.416 e. The number of aryl methyl sites for hydroxylation is 2. The van der Waals surface area contributed by atoms with Crippen LogP contribution in [0.15, 0.2) is 28.7 Å². The number of hydrogen-bond acceptors (Lipinski definition) is 3. The molecule has 0 bridgehead atoms. The van der Waals surface area contributed by atoms with E-state index in [4.69, 9.17) is 33.4 Å². The Morgan fingerprint density at radius 1 is 1.04 bits per heavy atom. The summed E-state index contributed by atoms with van der Waals surface area (Å²) in [7, 11) is 0. The fourth-order valence-corrected chi connectivity index (χ4v) is 4.08. The Labute approximate surface area is 161 Å². The van der Waals surface area contributed by atoms with E-state index in [1.165, 1.54) is 0 Å². The Morgan fingerprint density at radius 3 is 2.22 bits per heavy atom. The van der Waals surface area contributed by atoms with Crippen molar-refractivity contribution in [1.82, 2.24) is 0 Å². The third-order valence-electron chi connectivity index (χ3n) is 4.74. The van der Waals surface area contributed by atoms with Gasteiger partial charge in [-0.2, -0.15) is 13.2 Å². The van der Waals surface area contributed by atoms with Crippen molar-refractivity contribution in [3.63, 3.8) is 0 Å². The van der Waals surface area contributed by atoms with Gasteiger partial charge in [0.15, 0.2) is 5.76 Å². The van der Waals surface area contributed by atoms with Gasteiger partial charge in [0.05, 0.1) is 26.9 Å². The Hall–Kier alpha value is -2.18. The number of rotatable bonds is 2. The van der Waals surface area contributed by atoms with Crippen LogP contribution in [0.25, 0.3) is 11.0 Å². The molecule has 8 heteroatoms. The Bertz CT molecular complexity index is 1080. The van der Waals surface area contributed by atoms with Gasteiger partial charge < -0.3 is 10.2 Å². The van der Waals surface area contributed by atoms with Gasteiger partial charge in [0.1, 0.15) is 5.58 Å². The van der Waals surface area contributed by atoms with Crippen molar-refractivity contribution in [2.24, 2.45) is 0 Å². The van der Waals surface area contributed by atoms with E-state index in [0.29, 0.717) is 23.1 Å². The van der Waals surface area contributed by atoms with Gasteiger partial charge in [0, 0.05) is 5.39 Å². The minimum Gasteiger partial charge on any atom is -0.450 e. The monoisotopic (exact) mass is 413 g/mol. The summed E-state index contributed by atoms with van der Waals surface area (Å²) in [6.45, 7) is 0. The molecule has 140 valence electrons. The van der Waals surface area contributed by atoms with Gasteiger partial charge in [0.25, 0.3) is 0 Å². The highest BCUT2D eigenvalue weighted by atomic mass is 35.5. The molecular formula is C19H12Cl2F3NO2. The summed E-state index contributed by atoms with van der Waals surface area (Å²) in [5.41, 5.74) is 7.65. The van der Waals surface area contributed by atoms with Crippen molar-refractivity contribution >= 4 is 45.6 Å². The summed E-state index contributed by atoms with van der Waals surface area (Å²) in [6, 6.07) is 5.06. The van der Waals surface area contributed by atoms with Crippen molar-refractivity contribution in [3.8, 4) is 0 Å². The minimum atomic E-state index is -4.63. The smallest absolute Gasteiger partial charge is 0.416 e. The third kappa shape index (κ3) is 2.97. The Balaban J connectivity index is 1.83. The molecule has 0 amide bonds. The number of furan rings is 1. The van der Waals surface area contributed by atoms with Crippen LogP contribution in [-0.4, -0.2) is 5.78 Å². The minimum absolute atomic E-state index is 0.122. The van der Waals surface area contributed by atoms with Crippen molar-refractivity contribution in [2.45, 2.75) is 25.4 Å². The van der Waals surface area contributed by atoms with Gasteiger partial charge in [-0.05, 0) is 54.7 Å². The van der Waals surface area contributed by atoms with Crippen LogP contribution in [0, 0.1) is 0 Å². The second-order valence-electron chi connectivity index (χ2n) is 6.46. The van der Waals surface area contributed by atoms with Gasteiger partial charge in [-0.3, -0.25) is 4.79 Å². The second kappa shape index (κ2) is 6.17. The van der Waals surface area contributed by atoms with Crippen LogP contribution >= 0.6 is 23.2 Å². The third-order valence-corrected chi connectivity index (χ3v) is 5.34. The number of nitrogens with two attached hydrogens (primary N) is 1. The lowest BCUT2D eigenvalue weighted by Crippen LogP contribution is -2.09. The van der Waals surface area contributed by atoms with E-state index in [0.717, 1.165) is 30.4 Å². The van der Waals surface area contributed by atoms with Crippen molar-refractivity contribution in [2.75, 3.05) is 5.73 Å². The number of ketones is 1. The molecule has 2 aromatic carbocycles. The number of alkyl halides is 3. The van der Waals surface area contributed by atoms with Gasteiger partial charge in [-0.1, -0.05) is 23.2 Å². The second-order valence-corrected chi connectivity index (χ2v) is 7.27. The SMILES string of the molecule is Nc1c(C(=O)c2c(Cl)cc(C(F)(F)F)cc2Cl)oc2cc3c(cc12)CCC3. The molecule has 1 heterocycles. The highest BCUT2D eigenvalue weighted by Gasteiger charge is 2.34. The first-order valence-electron chi connectivity index (χ1n) is 8.11. The number of halogens is 5. The number of nitrogen functional groups attached to an aromatic ring is 1. The van der Waals surface area contributed by atoms with Crippen molar-refractivity contribution in [3.05, 3.63) is 62.3 Å². The van der Waals surface area contributed by atoms with E-state index in [9.17, 15) is 18.0 Å². The average Bonchev–Trinajstić information content (AvgIpc) is 3.15. The molecule has 0 saturated heterocycles. The predicted molar refractivity (Wildman–Crippen MR) is 97.5 cm³/mol. The first-order valence-corrected chi connectivity index (χ1v) is 8.87. The molecule has 0 spiro atoms. The molecular weight excluding hydrogens is 402 g/mol. The molecule has 0 atom stereocenters. The molecule has 0 unspecified atom stereocenters. The van der Waals surface area contributed by atoms with Crippen LogP contribution < -0.4 is 5.73 Å². The first-order chi connectivity index (χ1) is 12.7. The summed E-state index contributed by atoms with van der Waals surface area (Å²) in [4.78, 5) is 12.9. The molecule has 0 radical (unpaired) electrons. The van der Waals surface area contributed by atoms with Gasteiger partial charge in [-0.15, -0.1) is 0 Å². The number of carbonyl (C=O) groups is 1. The summed E-state index contributed by atoms with van der Waals surface area (Å²) >= 11 is 11.9. The summed E-state index contributed by atoms with van der Waals surface area (Å²) in [5.74, 6) is -0.940. The molecule has 3 nitrogen and oxygen atoms in total. The average molecular weight is 414 g/mol. The predicted octanol–water partition coefficient (Wildman–Crippen LogP) is 6.06. The number of fused-ring (bicyclic) bond motifs is 2. The van der Waals surface area contributed by atoms with Crippen LogP contribution in [0.3, 0.4) is 0 Å². The topological polar surface area (TPSA) is 56.2 Å². The molecule has 0 fully saturated rings. The lowest BCUT2D eigenvalue weighted by molar-refractivity contribution is -0.137. The summed E-state index contributed by atoms with van der Waals surface area (Å²) in [5, 5.41) is -0.234. The Kier molecular flexibility index (Phi) is 4.16. The largest absolute Gasteiger partial charge is 0.450 e. The van der Waals surface area contributed by atoms with E-state index < -0.39 is 27.6 Å². The number of carbonyl (C=O) groups excluding carboxylic acids is 1. The normalized spacial score (nSPS) is 14.0. The van der Waals surface area contributed by atoms with Crippen LogP contribution in [-0.2, 0) is 19.0 Å². The van der Waals surface area contributed by atoms with E-state index in [2.05, 4.69) is 0 Å². The Morgan fingerprint density at radius 2 is 1.63 bits per heavy atom. The van der Waals surface area contributed by atoms with Crippen LogP contribution in [0.1, 0.15) is 39.2 Å². The number of benzene rings is 2. The van der Waals surface area contributed by atoms with Crippen LogP contribution in [0.2, 0.25) is 10.0 Å². The highest BCUT2D eigenvalue weighted by Crippen LogP contribution is 2.39. The lowest BCUT2D eigenvalue weighted by atomic mass is 10.0. The molecule has 27 heavy (non-hydrogen) atoms. The van der Waals surface area contributed by atoms with Crippen molar-refractivity contribution < 1.29 is 22.4 Å². The molecule has 1 aliphatic carbocycles. The van der Waals surface area contributed by atoms with E-state index in [1.54, 1.807) is 0 Å².